The van der Waals surface area contributed by atoms with Gasteiger partial charge in [-0.2, -0.15) is 26.3 Å². The largest absolute Gasteiger partial charge is 0.436 e. The van der Waals surface area contributed by atoms with E-state index in [1.54, 1.807) is 0 Å². The maximum atomic E-state index is 13.8. The minimum absolute atomic E-state index is 0.00912. The zero-order chi connectivity index (χ0) is 17.6. The molecule has 1 saturated heterocycles. The van der Waals surface area contributed by atoms with Crippen LogP contribution < -0.4 is 4.90 Å². The number of hydrogen-bond donors (Lipinski definition) is 0. The Kier molecular flexibility index (Phi) is 3.86. The highest BCUT2D eigenvalue weighted by molar-refractivity contribution is 6.19. The summed E-state index contributed by atoms with van der Waals surface area (Å²) in [6.45, 7) is 0. The van der Waals surface area contributed by atoms with Crippen LogP contribution in [0.4, 0.5) is 36.6 Å². The smallest absolute Gasteiger partial charge is 0.274 e. The third-order valence-electron chi connectivity index (χ3n) is 3.21. The van der Waals surface area contributed by atoms with Crippen LogP contribution in [0.5, 0.6) is 0 Å². The number of nitrogens with zero attached hydrogens (tertiary/aromatic N) is 2. The number of imide groups is 1. The number of carbonyl (C=O) groups excluding carboxylic acids is 2. The number of anilines is 1. The van der Waals surface area contributed by atoms with Crippen molar-refractivity contribution >= 4 is 17.6 Å². The van der Waals surface area contributed by atoms with Gasteiger partial charge in [-0.15, -0.1) is 0 Å². The summed E-state index contributed by atoms with van der Waals surface area (Å²) < 4.78 is 89.2. The van der Waals surface area contributed by atoms with Gasteiger partial charge in [0, 0.05) is 24.6 Å². The number of pyridine rings is 1. The second-order valence-corrected chi connectivity index (χ2v) is 4.68. The molecule has 0 atom stereocenters. The number of hydrogen-bond acceptors (Lipinski definition) is 3. The third kappa shape index (κ3) is 2.63. The van der Waals surface area contributed by atoms with Gasteiger partial charge in [0.2, 0.25) is 11.8 Å². The van der Waals surface area contributed by atoms with Gasteiger partial charge in [-0.05, 0) is 12.1 Å². The van der Waals surface area contributed by atoms with Gasteiger partial charge in [0.25, 0.3) is 0 Å². The molecule has 1 fully saturated rings. The lowest BCUT2D eigenvalue weighted by molar-refractivity contribution is -0.348. The number of carbonyl (C=O) groups is 2. The Hall–Kier alpha value is -2.20. The van der Waals surface area contributed by atoms with E-state index in [0.717, 1.165) is 0 Å². The molecular weight excluding hydrogens is 337 g/mol. The van der Waals surface area contributed by atoms with Crippen molar-refractivity contribution in [1.29, 1.82) is 0 Å². The lowest BCUT2D eigenvalue weighted by atomic mass is 9.96. The zero-order valence-electron chi connectivity index (χ0n) is 11.0. The lowest BCUT2D eigenvalue weighted by Crippen LogP contribution is -2.50. The van der Waals surface area contributed by atoms with Crippen molar-refractivity contribution in [2.45, 2.75) is 30.9 Å². The van der Waals surface area contributed by atoms with Gasteiger partial charge < -0.3 is 0 Å². The number of halogens is 7. The Morgan fingerprint density at radius 1 is 0.870 bits per heavy atom. The van der Waals surface area contributed by atoms with E-state index in [-0.39, 0.29) is 25.1 Å². The van der Waals surface area contributed by atoms with Gasteiger partial charge in [0.1, 0.15) is 5.82 Å². The van der Waals surface area contributed by atoms with Crippen LogP contribution >= 0.6 is 0 Å². The van der Waals surface area contributed by atoms with E-state index in [2.05, 4.69) is 4.98 Å². The molecular formula is C12H7F7N2O2. The number of rotatable bonds is 2. The minimum atomic E-state index is -6.26. The SMILES string of the molecule is O=C1CCC(=O)N1c1ccc(C(F)(C(F)(F)F)C(F)(F)F)cn1. The molecule has 126 valence electrons. The average Bonchev–Trinajstić information content (AvgIpc) is 2.75. The first kappa shape index (κ1) is 17.2. The molecule has 2 amide bonds. The van der Waals surface area contributed by atoms with Crippen LogP contribution in [0.3, 0.4) is 0 Å². The van der Waals surface area contributed by atoms with E-state index in [1.807, 2.05) is 0 Å². The number of amides is 2. The van der Waals surface area contributed by atoms with Gasteiger partial charge >= 0.3 is 18.0 Å². The monoisotopic (exact) mass is 344 g/mol. The van der Waals surface area contributed by atoms with Crippen molar-refractivity contribution in [2.24, 2.45) is 0 Å². The summed E-state index contributed by atoms with van der Waals surface area (Å²) in [5.74, 6) is -1.87. The Balaban J connectivity index is 2.45. The molecule has 1 aromatic rings. The first-order valence-corrected chi connectivity index (χ1v) is 6.04. The molecule has 0 saturated carbocycles. The summed E-state index contributed by atoms with van der Waals surface area (Å²) in [6.07, 6.45) is -12.8. The minimum Gasteiger partial charge on any atom is -0.274 e. The van der Waals surface area contributed by atoms with Gasteiger partial charge in [0.05, 0.1) is 0 Å². The van der Waals surface area contributed by atoms with E-state index in [4.69, 9.17) is 0 Å². The summed E-state index contributed by atoms with van der Waals surface area (Å²) >= 11 is 0. The topological polar surface area (TPSA) is 50.3 Å². The molecule has 4 nitrogen and oxygen atoms in total. The van der Waals surface area contributed by atoms with Crippen molar-refractivity contribution in [1.82, 2.24) is 4.98 Å². The molecule has 0 bridgehead atoms. The van der Waals surface area contributed by atoms with E-state index < -0.39 is 41.2 Å². The zero-order valence-corrected chi connectivity index (χ0v) is 11.0. The lowest BCUT2D eigenvalue weighted by Gasteiger charge is -2.30. The number of aromatic nitrogens is 1. The Labute approximate surface area is 123 Å². The molecule has 11 heteroatoms. The van der Waals surface area contributed by atoms with Gasteiger partial charge in [-0.1, -0.05) is 0 Å². The quantitative estimate of drug-likeness (QED) is 0.612. The third-order valence-corrected chi connectivity index (χ3v) is 3.21. The Morgan fingerprint density at radius 2 is 1.35 bits per heavy atom. The molecule has 0 aromatic carbocycles. The van der Waals surface area contributed by atoms with Crippen LogP contribution in [0.25, 0.3) is 0 Å². The number of alkyl halides is 7. The molecule has 0 spiro atoms. The fraction of sp³-hybridized carbons (Fsp3) is 0.417. The normalized spacial score (nSPS) is 17.1. The van der Waals surface area contributed by atoms with Gasteiger partial charge in [-0.3, -0.25) is 9.59 Å². The highest BCUT2D eigenvalue weighted by atomic mass is 19.4. The molecule has 0 aliphatic carbocycles. The van der Waals surface area contributed by atoms with Crippen LogP contribution in [0.15, 0.2) is 18.3 Å². The van der Waals surface area contributed by atoms with Crippen LogP contribution in [-0.4, -0.2) is 29.2 Å². The summed E-state index contributed by atoms with van der Waals surface area (Å²) in [5.41, 5.74) is -7.40. The molecule has 0 N–H and O–H groups in total. The highest BCUT2D eigenvalue weighted by Crippen LogP contribution is 2.53. The maximum absolute atomic E-state index is 13.8. The molecule has 1 aromatic heterocycles. The highest BCUT2D eigenvalue weighted by Gasteiger charge is 2.73. The van der Waals surface area contributed by atoms with Crippen molar-refractivity contribution in [3.63, 3.8) is 0 Å². The molecule has 0 unspecified atom stereocenters. The standard InChI is InChI=1S/C12H7F7N2O2/c13-10(11(14,15)16,12(17,18)19)6-1-2-7(20-5-6)21-8(22)3-4-9(21)23/h1-2,5H,3-4H2. The molecule has 2 heterocycles. The van der Waals surface area contributed by atoms with Crippen LogP contribution in [0.2, 0.25) is 0 Å². The second-order valence-electron chi connectivity index (χ2n) is 4.68. The van der Waals surface area contributed by atoms with Crippen LogP contribution in [0, 0.1) is 0 Å². The molecule has 1 aliphatic heterocycles. The first-order chi connectivity index (χ1) is 10.4. The predicted molar refractivity (Wildman–Crippen MR) is 60.9 cm³/mol. The van der Waals surface area contributed by atoms with E-state index in [1.165, 1.54) is 0 Å². The average molecular weight is 344 g/mol. The van der Waals surface area contributed by atoms with E-state index in [0.29, 0.717) is 11.0 Å². The van der Waals surface area contributed by atoms with E-state index in [9.17, 15) is 40.3 Å². The summed E-state index contributed by atoms with van der Waals surface area (Å²) in [6, 6.07) is 0.754. The first-order valence-electron chi connectivity index (χ1n) is 6.04. The maximum Gasteiger partial charge on any atom is 0.436 e. The second kappa shape index (κ2) is 5.17. The van der Waals surface area contributed by atoms with Crippen LogP contribution in [-0.2, 0) is 15.3 Å². The van der Waals surface area contributed by atoms with Crippen molar-refractivity contribution < 1.29 is 40.3 Å². The molecule has 2 rings (SSSR count). The Morgan fingerprint density at radius 3 is 1.70 bits per heavy atom. The van der Waals surface area contributed by atoms with Gasteiger partial charge in [-0.25, -0.2) is 14.3 Å². The van der Waals surface area contributed by atoms with Gasteiger partial charge in [0.15, 0.2) is 0 Å². The predicted octanol–water partition coefficient (Wildman–Crippen LogP) is 3.02. The molecule has 0 radical (unpaired) electrons. The van der Waals surface area contributed by atoms with Crippen molar-refractivity contribution in [3.05, 3.63) is 23.9 Å². The summed E-state index contributed by atoms with van der Waals surface area (Å²) in [4.78, 5) is 26.6. The van der Waals surface area contributed by atoms with Crippen molar-refractivity contribution in [2.75, 3.05) is 4.90 Å². The summed E-state index contributed by atoms with van der Waals surface area (Å²) in [5, 5.41) is 0. The fourth-order valence-electron chi connectivity index (χ4n) is 2.04. The Bertz CT molecular complexity index is 606. The van der Waals surface area contributed by atoms with Crippen molar-refractivity contribution in [3.8, 4) is 0 Å². The molecule has 1 aliphatic rings. The summed E-state index contributed by atoms with van der Waals surface area (Å²) in [7, 11) is 0. The fourth-order valence-corrected chi connectivity index (χ4v) is 2.04. The van der Waals surface area contributed by atoms with Crippen LogP contribution in [0.1, 0.15) is 18.4 Å². The molecule has 23 heavy (non-hydrogen) atoms. The van der Waals surface area contributed by atoms with E-state index >= 15 is 0 Å².